The zero-order valence-corrected chi connectivity index (χ0v) is 12.6. The van der Waals surface area contributed by atoms with E-state index in [1.165, 1.54) is 0 Å². The molecule has 20 heavy (non-hydrogen) atoms. The van der Waals surface area contributed by atoms with E-state index in [4.69, 9.17) is 4.74 Å². The second kappa shape index (κ2) is 5.26. The summed E-state index contributed by atoms with van der Waals surface area (Å²) < 4.78 is 5.38. The molecule has 1 aliphatic heterocycles. The van der Waals surface area contributed by atoms with Gasteiger partial charge in [-0.05, 0) is 39.5 Å². The number of carboxylic acid groups (broad SMARTS) is 1. The van der Waals surface area contributed by atoms with Crippen molar-refractivity contribution in [3.8, 4) is 0 Å². The normalized spacial score (nSPS) is 30.6. The molecule has 1 heterocycles. The van der Waals surface area contributed by atoms with Gasteiger partial charge in [-0.2, -0.15) is 0 Å². The van der Waals surface area contributed by atoms with E-state index in [0.717, 1.165) is 25.7 Å². The number of rotatable bonds is 1. The lowest BCUT2D eigenvalue weighted by molar-refractivity contribution is -0.151. The van der Waals surface area contributed by atoms with Crippen LogP contribution in [0, 0.1) is 11.3 Å². The highest BCUT2D eigenvalue weighted by atomic mass is 16.6. The van der Waals surface area contributed by atoms with Crippen LogP contribution in [0.2, 0.25) is 0 Å². The second-order valence-corrected chi connectivity index (χ2v) is 7.12. The first-order valence-corrected chi connectivity index (χ1v) is 7.46. The van der Waals surface area contributed by atoms with Gasteiger partial charge in [-0.1, -0.05) is 19.3 Å². The molecule has 1 saturated heterocycles. The van der Waals surface area contributed by atoms with E-state index in [9.17, 15) is 14.7 Å². The minimum atomic E-state index is -0.757. The van der Waals surface area contributed by atoms with Crippen molar-refractivity contribution in [2.24, 2.45) is 11.3 Å². The summed E-state index contributed by atoms with van der Waals surface area (Å²) in [5.41, 5.74) is -1.30. The van der Waals surface area contributed by atoms with E-state index in [1.807, 2.05) is 20.8 Å². The Morgan fingerprint density at radius 2 is 1.95 bits per heavy atom. The van der Waals surface area contributed by atoms with Crippen molar-refractivity contribution < 1.29 is 19.4 Å². The zero-order chi connectivity index (χ0) is 15.0. The lowest BCUT2D eigenvalue weighted by atomic mass is 9.74. The first-order chi connectivity index (χ1) is 9.24. The van der Waals surface area contributed by atoms with Gasteiger partial charge in [0.25, 0.3) is 0 Å². The van der Waals surface area contributed by atoms with Gasteiger partial charge in [-0.15, -0.1) is 0 Å². The number of carbonyl (C=O) groups excluding carboxylic acids is 1. The molecular weight excluding hydrogens is 258 g/mol. The van der Waals surface area contributed by atoms with Crippen molar-refractivity contribution in [2.45, 2.75) is 58.5 Å². The molecular formula is C15H25NO4. The van der Waals surface area contributed by atoms with Crippen LogP contribution in [-0.4, -0.2) is 40.8 Å². The maximum atomic E-state index is 12.2. The van der Waals surface area contributed by atoms with E-state index in [1.54, 1.807) is 4.90 Å². The van der Waals surface area contributed by atoms with Crippen molar-refractivity contribution in [1.82, 2.24) is 4.90 Å². The van der Waals surface area contributed by atoms with Crippen LogP contribution in [0.5, 0.6) is 0 Å². The molecule has 2 atom stereocenters. The predicted octanol–water partition coefficient (Wildman–Crippen LogP) is 2.89. The summed E-state index contributed by atoms with van der Waals surface area (Å²) in [5.74, 6) is -0.689. The quantitative estimate of drug-likeness (QED) is 0.803. The van der Waals surface area contributed by atoms with Crippen molar-refractivity contribution in [3.05, 3.63) is 0 Å². The van der Waals surface area contributed by atoms with Crippen molar-refractivity contribution in [2.75, 3.05) is 13.1 Å². The smallest absolute Gasteiger partial charge is 0.410 e. The third-order valence-electron chi connectivity index (χ3n) is 4.45. The van der Waals surface area contributed by atoms with Gasteiger partial charge in [0.2, 0.25) is 0 Å². The van der Waals surface area contributed by atoms with Gasteiger partial charge in [0.1, 0.15) is 5.60 Å². The Morgan fingerprint density at radius 1 is 1.25 bits per heavy atom. The summed E-state index contributed by atoms with van der Waals surface area (Å²) in [6, 6.07) is 0. The molecule has 5 heteroatoms. The first kappa shape index (κ1) is 15.1. The van der Waals surface area contributed by atoms with Crippen molar-refractivity contribution in [1.29, 1.82) is 0 Å². The molecule has 1 aliphatic carbocycles. The number of fused-ring (bicyclic) bond motifs is 1. The summed E-state index contributed by atoms with van der Waals surface area (Å²) in [4.78, 5) is 25.5. The van der Waals surface area contributed by atoms with E-state index >= 15 is 0 Å². The summed E-state index contributed by atoms with van der Waals surface area (Å²) in [5, 5.41) is 9.68. The van der Waals surface area contributed by atoms with Crippen LogP contribution in [0.15, 0.2) is 0 Å². The fraction of sp³-hybridized carbons (Fsp3) is 0.867. The van der Waals surface area contributed by atoms with E-state index in [0.29, 0.717) is 19.5 Å². The molecule has 0 aromatic carbocycles. The molecule has 114 valence electrons. The van der Waals surface area contributed by atoms with Gasteiger partial charge < -0.3 is 14.7 Å². The van der Waals surface area contributed by atoms with Gasteiger partial charge in [0.05, 0.1) is 5.41 Å². The predicted molar refractivity (Wildman–Crippen MR) is 74.5 cm³/mol. The van der Waals surface area contributed by atoms with E-state index in [2.05, 4.69) is 0 Å². The Labute approximate surface area is 120 Å². The van der Waals surface area contributed by atoms with Gasteiger partial charge >= 0.3 is 12.1 Å². The van der Waals surface area contributed by atoms with Gasteiger partial charge in [-0.25, -0.2) is 4.79 Å². The van der Waals surface area contributed by atoms with Gasteiger partial charge in [0.15, 0.2) is 0 Å². The first-order valence-electron chi connectivity index (χ1n) is 7.46. The zero-order valence-electron chi connectivity index (χ0n) is 12.6. The highest BCUT2D eigenvalue weighted by Gasteiger charge is 2.53. The minimum Gasteiger partial charge on any atom is -0.481 e. The van der Waals surface area contributed by atoms with Crippen molar-refractivity contribution in [3.63, 3.8) is 0 Å². The van der Waals surface area contributed by atoms with E-state index in [-0.39, 0.29) is 12.0 Å². The molecule has 5 nitrogen and oxygen atoms in total. The topological polar surface area (TPSA) is 66.8 Å². The molecule has 2 aliphatic rings. The minimum absolute atomic E-state index is 0.0648. The Kier molecular flexibility index (Phi) is 3.98. The molecule has 0 aromatic heterocycles. The van der Waals surface area contributed by atoms with Crippen LogP contribution in [-0.2, 0) is 9.53 Å². The Bertz CT molecular complexity index is 401. The average molecular weight is 283 g/mol. The molecule has 0 radical (unpaired) electrons. The fourth-order valence-electron chi connectivity index (χ4n) is 3.45. The Morgan fingerprint density at radius 3 is 2.55 bits per heavy atom. The third-order valence-corrected chi connectivity index (χ3v) is 4.45. The number of carbonyl (C=O) groups is 2. The number of amides is 1. The maximum absolute atomic E-state index is 12.2. The summed E-state index contributed by atoms with van der Waals surface area (Å²) in [7, 11) is 0. The number of likely N-dealkylation sites (tertiary alicyclic amines) is 1. The number of nitrogens with zero attached hydrogens (tertiary/aromatic N) is 1. The molecule has 0 aromatic rings. The Balaban J connectivity index is 2.14. The van der Waals surface area contributed by atoms with Crippen LogP contribution in [0.25, 0.3) is 0 Å². The SMILES string of the molecule is CC(C)(C)OC(=O)N1CC2CCCCCC2(C(=O)O)C1. The average Bonchev–Trinajstić information content (AvgIpc) is 2.56. The van der Waals surface area contributed by atoms with Gasteiger partial charge in [-0.3, -0.25) is 4.79 Å². The molecule has 1 amide bonds. The molecule has 2 fully saturated rings. The standard InChI is InChI=1S/C15H25NO4/c1-14(2,3)20-13(19)16-9-11-7-5-4-6-8-15(11,10-16)12(17)18/h11H,4-10H2,1-3H3,(H,17,18). The van der Waals surface area contributed by atoms with E-state index < -0.39 is 17.0 Å². The molecule has 1 saturated carbocycles. The summed E-state index contributed by atoms with van der Waals surface area (Å²) in [6.07, 6.45) is 4.27. The van der Waals surface area contributed by atoms with Gasteiger partial charge in [0, 0.05) is 13.1 Å². The summed E-state index contributed by atoms with van der Waals surface area (Å²) in [6.45, 7) is 6.28. The highest BCUT2D eigenvalue weighted by molar-refractivity contribution is 5.78. The summed E-state index contributed by atoms with van der Waals surface area (Å²) >= 11 is 0. The highest BCUT2D eigenvalue weighted by Crippen LogP contribution is 2.46. The van der Waals surface area contributed by atoms with Crippen molar-refractivity contribution >= 4 is 12.1 Å². The monoisotopic (exact) mass is 283 g/mol. The second-order valence-electron chi connectivity index (χ2n) is 7.12. The van der Waals surface area contributed by atoms with Crippen LogP contribution in [0.1, 0.15) is 52.9 Å². The molecule has 0 bridgehead atoms. The molecule has 2 unspecified atom stereocenters. The maximum Gasteiger partial charge on any atom is 0.410 e. The number of hydrogen-bond donors (Lipinski definition) is 1. The van der Waals surface area contributed by atoms with Crippen LogP contribution < -0.4 is 0 Å². The number of ether oxygens (including phenoxy) is 1. The lowest BCUT2D eigenvalue weighted by Gasteiger charge is -2.28. The molecule has 0 spiro atoms. The number of carboxylic acids is 1. The van der Waals surface area contributed by atoms with Crippen LogP contribution >= 0.6 is 0 Å². The number of aliphatic carboxylic acids is 1. The number of hydrogen-bond acceptors (Lipinski definition) is 3. The lowest BCUT2D eigenvalue weighted by Crippen LogP contribution is -2.40. The molecule has 2 rings (SSSR count). The third kappa shape index (κ3) is 2.91. The largest absolute Gasteiger partial charge is 0.481 e. The Hall–Kier alpha value is -1.26. The molecule has 1 N–H and O–H groups in total. The van der Waals surface area contributed by atoms with Crippen LogP contribution in [0.3, 0.4) is 0 Å². The van der Waals surface area contributed by atoms with Crippen LogP contribution in [0.4, 0.5) is 4.79 Å². The fourth-order valence-corrected chi connectivity index (χ4v) is 3.45.